The summed E-state index contributed by atoms with van der Waals surface area (Å²) in [4.78, 5) is 43.8. The van der Waals surface area contributed by atoms with E-state index in [4.69, 9.17) is 10.5 Å². The second-order valence-corrected chi connectivity index (χ2v) is 7.34. The molecule has 3 rings (SSSR count). The molecule has 1 aliphatic rings. The summed E-state index contributed by atoms with van der Waals surface area (Å²) >= 11 is 0. The molecule has 0 fully saturated rings. The number of nitrogens with zero attached hydrogens (tertiary/aromatic N) is 3. The van der Waals surface area contributed by atoms with Gasteiger partial charge in [0.1, 0.15) is 5.82 Å². The van der Waals surface area contributed by atoms with Gasteiger partial charge in [-0.1, -0.05) is 31.5 Å². The second-order valence-electron chi connectivity index (χ2n) is 7.34. The SMILES string of the molecule is CCCCn1c(N)c(N(CCOC)C(=O)CN2CCc3ccccc32)c(=O)[nH]c1=O. The maximum Gasteiger partial charge on any atom is 0.330 e. The van der Waals surface area contributed by atoms with Crippen LogP contribution in [0.3, 0.4) is 0 Å². The number of benzene rings is 1. The van der Waals surface area contributed by atoms with Crippen LogP contribution in [-0.4, -0.2) is 48.8 Å². The van der Waals surface area contributed by atoms with E-state index < -0.39 is 11.2 Å². The largest absolute Gasteiger partial charge is 0.383 e. The van der Waals surface area contributed by atoms with Crippen molar-refractivity contribution < 1.29 is 9.53 Å². The van der Waals surface area contributed by atoms with Crippen molar-refractivity contribution in [2.45, 2.75) is 32.7 Å². The Labute approximate surface area is 175 Å². The fourth-order valence-corrected chi connectivity index (χ4v) is 3.74. The van der Waals surface area contributed by atoms with E-state index in [1.807, 2.05) is 30.0 Å². The van der Waals surface area contributed by atoms with E-state index in [0.29, 0.717) is 6.54 Å². The van der Waals surface area contributed by atoms with Crippen molar-refractivity contribution >= 4 is 23.1 Å². The summed E-state index contributed by atoms with van der Waals surface area (Å²) in [5, 5.41) is 0. The number of carbonyl (C=O) groups excluding carboxylic acids is 1. The molecule has 1 aliphatic heterocycles. The molecule has 9 nitrogen and oxygen atoms in total. The minimum atomic E-state index is -0.670. The van der Waals surface area contributed by atoms with Crippen LogP contribution in [0.2, 0.25) is 0 Å². The molecule has 0 atom stereocenters. The zero-order valence-corrected chi connectivity index (χ0v) is 17.5. The number of H-pyrrole nitrogens is 1. The summed E-state index contributed by atoms with van der Waals surface area (Å²) in [5.74, 6) is -0.273. The van der Waals surface area contributed by atoms with Gasteiger partial charge in [0.05, 0.1) is 13.2 Å². The molecule has 0 radical (unpaired) electrons. The van der Waals surface area contributed by atoms with Crippen LogP contribution in [0, 0.1) is 0 Å². The molecule has 1 aromatic carbocycles. The van der Waals surface area contributed by atoms with E-state index in [-0.39, 0.29) is 37.1 Å². The van der Waals surface area contributed by atoms with Crippen LogP contribution in [0.5, 0.6) is 0 Å². The monoisotopic (exact) mass is 415 g/mol. The third-order valence-electron chi connectivity index (χ3n) is 5.35. The molecular weight excluding hydrogens is 386 g/mol. The average Bonchev–Trinajstić information content (AvgIpc) is 3.13. The lowest BCUT2D eigenvalue weighted by molar-refractivity contribution is -0.117. The topological polar surface area (TPSA) is 114 Å². The maximum absolute atomic E-state index is 13.3. The molecule has 0 saturated heterocycles. The molecule has 1 amide bonds. The fourth-order valence-electron chi connectivity index (χ4n) is 3.74. The number of anilines is 3. The van der Waals surface area contributed by atoms with Gasteiger partial charge in [-0.05, 0) is 24.5 Å². The quantitative estimate of drug-likeness (QED) is 0.631. The number of methoxy groups -OCH3 is 1. The molecule has 9 heteroatoms. The van der Waals surface area contributed by atoms with E-state index in [1.54, 1.807) is 0 Å². The molecule has 2 aromatic rings. The van der Waals surface area contributed by atoms with Gasteiger partial charge in [-0.2, -0.15) is 0 Å². The Morgan fingerprint density at radius 1 is 1.30 bits per heavy atom. The first-order valence-corrected chi connectivity index (χ1v) is 10.2. The second kappa shape index (κ2) is 9.62. The van der Waals surface area contributed by atoms with Gasteiger partial charge in [-0.15, -0.1) is 0 Å². The van der Waals surface area contributed by atoms with Gasteiger partial charge in [0.15, 0.2) is 5.69 Å². The molecule has 0 bridgehead atoms. The first-order valence-electron chi connectivity index (χ1n) is 10.2. The molecule has 0 spiro atoms. The van der Waals surface area contributed by atoms with Crippen molar-refractivity contribution in [1.29, 1.82) is 0 Å². The predicted molar refractivity (Wildman–Crippen MR) is 117 cm³/mol. The first-order chi connectivity index (χ1) is 14.5. The average molecular weight is 415 g/mol. The number of aromatic amines is 1. The number of nitrogens with two attached hydrogens (primary N) is 1. The molecule has 2 heterocycles. The van der Waals surface area contributed by atoms with Gasteiger partial charge in [-0.3, -0.25) is 19.1 Å². The lowest BCUT2D eigenvalue weighted by Gasteiger charge is -2.27. The summed E-state index contributed by atoms with van der Waals surface area (Å²) in [6, 6.07) is 7.96. The Morgan fingerprint density at radius 2 is 2.07 bits per heavy atom. The number of amides is 1. The predicted octanol–water partition coefficient (Wildman–Crippen LogP) is 0.961. The fraction of sp³-hybridized carbons (Fsp3) is 0.476. The summed E-state index contributed by atoms with van der Waals surface area (Å²) in [7, 11) is 1.52. The zero-order valence-electron chi connectivity index (χ0n) is 17.5. The number of nitrogen functional groups attached to an aromatic ring is 1. The van der Waals surface area contributed by atoms with Gasteiger partial charge in [-0.25, -0.2) is 4.79 Å². The molecule has 1 aromatic heterocycles. The van der Waals surface area contributed by atoms with Crippen LogP contribution in [0.4, 0.5) is 17.2 Å². The molecule has 162 valence electrons. The van der Waals surface area contributed by atoms with Crippen LogP contribution in [-0.2, 0) is 22.5 Å². The van der Waals surface area contributed by atoms with E-state index in [1.165, 1.54) is 22.1 Å². The Balaban J connectivity index is 1.94. The summed E-state index contributed by atoms with van der Waals surface area (Å²) in [6.07, 6.45) is 2.46. The van der Waals surface area contributed by atoms with Crippen LogP contribution < -0.4 is 26.8 Å². The number of fused-ring (bicyclic) bond motifs is 1. The smallest absolute Gasteiger partial charge is 0.330 e. The van der Waals surface area contributed by atoms with E-state index in [2.05, 4.69) is 11.1 Å². The van der Waals surface area contributed by atoms with Crippen molar-refractivity contribution in [3.8, 4) is 0 Å². The summed E-state index contributed by atoms with van der Waals surface area (Å²) < 4.78 is 6.46. The standard InChI is InChI=1S/C21H29N5O4/c1-3-4-10-26-19(22)18(20(28)23-21(26)29)25(12-13-30-2)17(27)14-24-11-9-15-7-5-6-8-16(15)24/h5-8H,3-4,9-14,22H2,1-2H3,(H,23,28,29). The van der Waals surface area contributed by atoms with Crippen molar-refractivity contribution in [3.63, 3.8) is 0 Å². The molecule has 0 unspecified atom stereocenters. The van der Waals surface area contributed by atoms with Crippen LogP contribution in [0.1, 0.15) is 25.3 Å². The van der Waals surface area contributed by atoms with Crippen molar-refractivity contribution in [1.82, 2.24) is 9.55 Å². The molecular formula is C21H29N5O4. The molecule has 0 saturated carbocycles. The molecule has 30 heavy (non-hydrogen) atoms. The van der Waals surface area contributed by atoms with Gasteiger partial charge in [0.25, 0.3) is 5.56 Å². The van der Waals surface area contributed by atoms with Crippen molar-refractivity contribution in [2.24, 2.45) is 0 Å². The Morgan fingerprint density at radius 3 is 2.80 bits per heavy atom. The Bertz CT molecular complexity index is 1010. The minimum Gasteiger partial charge on any atom is -0.383 e. The number of para-hydroxylation sites is 1. The minimum absolute atomic E-state index is 0.000218. The lowest BCUT2D eigenvalue weighted by atomic mass is 10.2. The highest BCUT2D eigenvalue weighted by Crippen LogP contribution is 2.27. The Kier molecular flexibility index (Phi) is 6.94. The molecule has 3 N–H and O–H groups in total. The van der Waals surface area contributed by atoms with Gasteiger partial charge in [0, 0.05) is 32.4 Å². The van der Waals surface area contributed by atoms with Gasteiger partial charge >= 0.3 is 5.69 Å². The number of unbranched alkanes of at least 4 members (excludes halogenated alkanes) is 1. The zero-order chi connectivity index (χ0) is 21.7. The van der Waals surface area contributed by atoms with Crippen LogP contribution >= 0.6 is 0 Å². The lowest BCUT2D eigenvalue weighted by Crippen LogP contribution is -2.46. The van der Waals surface area contributed by atoms with Gasteiger partial charge in [0.2, 0.25) is 5.91 Å². The van der Waals surface area contributed by atoms with Crippen LogP contribution in [0.15, 0.2) is 33.9 Å². The normalized spacial score (nSPS) is 12.8. The van der Waals surface area contributed by atoms with E-state index >= 15 is 0 Å². The van der Waals surface area contributed by atoms with E-state index in [0.717, 1.165) is 31.5 Å². The highest BCUT2D eigenvalue weighted by atomic mass is 16.5. The maximum atomic E-state index is 13.3. The number of hydrogen-bond donors (Lipinski definition) is 2. The number of carbonyl (C=O) groups is 1. The Hall–Kier alpha value is -3.07. The first kappa shape index (κ1) is 21.6. The number of rotatable bonds is 9. The third kappa shape index (κ3) is 4.40. The van der Waals surface area contributed by atoms with Crippen molar-refractivity contribution in [3.05, 3.63) is 50.7 Å². The highest BCUT2D eigenvalue weighted by molar-refractivity contribution is 5.98. The molecule has 0 aliphatic carbocycles. The third-order valence-corrected chi connectivity index (χ3v) is 5.35. The van der Waals surface area contributed by atoms with Gasteiger partial charge < -0.3 is 20.3 Å². The van der Waals surface area contributed by atoms with Crippen LogP contribution in [0.25, 0.3) is 0 Å². The van der Waals surface area contributed by atoms with Crippen molar-refractivity contribution in [2.75, 3.05) is 48.9 Å². The summed E-state index contributed by atoms with van der Waals surface area (Å²) in [5.41, 5.74) is 7.19. The number of aromatic nitrogens is 2. The summed E-state index contributed by atoms with van der Waals surface area (Å²) in [6.45, 7) is 3.59. The number of hydrogen-bond acceptors (Lipinski definition) is 6. The number of ether oxygens (including phenoxy) is 1. The highest BCUT2D eigenvalue weighted by Gasteiger charge is 2.27. The number of nitrogens with one attached hydrogen (secondary N) is 1. The van der Waals surface area contributed by atoms with E-state index in [9.17, 15) is 14.4 Å².